The molecule has 1 aliphatic rings. The number of ether oxygens (including phenoxy) is 1. The minimum absolute atomic E-state index is 0.338. The Kier molecular flexibility index (Phi) is 5.53. The molecule has 0 saturated carbocycles. The van der Waals surface area contributed by atoms with Crippen molar-refractivity contribution in [2.75, 3.05) is 13.2 Å². The number of aromatic nitrogens is 2. The number of nitrogens with zero attached hydrogens (tertiary/aromatic N) is 2. The van der Waals surface area contributed by atoms with Gasteiger partial charge in [-0.1, -0.05) is 18.2 Å². The van der Waals surface area contributed by atoms with Crippen molar-refractivity contribution < 1.29 is 24.5 Å². The van der Waals surface area contributed by atoms with Gasteiger partial charge in [0.15, 0.2) is 5.60 Å². The van der Waals surface area contributed by atoms with E-state index in [0.717, 1.165) is 29.6 Å². The summed E-state index contributed by atoms with van der Waals surface area (Å²) in [6, 6.07) is 9.71. The number of benzene rings is 1. The van der Waals surface area contributed by atoms with E-state index in [1.807, 2.05) is 48.9 Å². The summed E-state index contributed by atoms with van der Waals surface area (Å²) in [7, 11) is 0. The summed E-state index contributed by atoms with van der Waals surface area (Å²) in [5, 5.41) is 26.0. The zero-order valence-corrected chi connectivity index (χ0v) is 16.2. The molecule has 8 nitrogen and oxygen atoms in total. The van der Waals surface area contributed by atoms with Crippen molar-refractivity contribution >= 4 is 11.9 Å². The molecule has 2 aromatic rings. The first-order chi connectivity index (χ1) is 13.2. The molecule has 2 heterocycles. The molecule has 0 spiro atoms. The number of carboxylic acids is 1. The Bertz CT molecular complexity index is 875. The molecule has 1 saturated heterocycles. The fourth-order valence-electron chi connectivity index (χ4n) is 3.50. The first kappa shape index (κ1) is 20.0. The van der Waals surface area contributed by atoms with E-state index in [9.17, 15) is 14.7 Å². The normalized spacial score (nSPS) is 21.3. The van der Waals surface area contributed by atoms with Gasteiger partial charge in [-0.15, -0.1) is 0 Å². The van der Waals surface area contributed by atoms with E-state index in [2.05, 4.69) is 10.4 Å². The van der Waals surface area contributed by atoms with Crippen molar-refractivity contribution in [1.82, 2.24) is 15.1 Å². The summed E-state index contributed by atoms with van der Waals surface area (Å²) in [5.41, 5.74) is 1.45. The third-order valence-electron chi connectivity index (χ3n) is 5.13. The topological polar surface area (TPSA) is 114 Å². The van der Waals surface area contributed by atoms with E-state index in [1.54, 1.807) is 0 Å². The molecule has 28 heavy (non-hydrogen) atoms. The zero-order chi connectivity index (χ0) is 20.5. The van der Waals surface area contributed by atoms with E-state index in [1.165, 1.54) is 0 Å². The number of aliphatic carboxylic acids is 1. The molecule has 1 aromatic carbocycles. The molecular weight excluding hydrogens is 362 g/mol. The molecular formula is C20H25N3O5. The highest BCUT2D eigenvalue weighted by molar-refractivity contribution is 5.82. The van der Waals surface area contributed by atoms with E-state index < -0.39 is 23.6 Å². The van der Waals surface area contributed by atoms with Gasteiger partial charge in [-0.05, 0) is 39.3 Å². The zero-order valence-electron chi connectivity index (χ0n) is 16.2. The maximum atomic E-state index is 12.7. The first-order valence-corrected chi connectivity index (χ1v) is 9.19. The monoisotopic (exact) mass is 387 g/mol. The van der Waals surface area contributed by atoms with Crippen LogP contribution in [0, 0.1) is 19.8 Å². The van der Waals surface area contributed by atoms with E-state index in [-0.39, 0.29) is 12.5 Å². The lowest BCUT2D eigenvalue weighted by molar-refractivity contribution is -0.156. The van der Waals surface area contributed by atoms with Crippen LogP contribution in [0.1, 0.15) is 36.4 Å². The van der Waals surface area contributed by atoms with Gasteiger partial charge in [0.2, 0.25) is 5.91 Å². The van der Waals surface area contributed by atoms with Crippen LogP contribution < -0.4 is 5.32 Å². The highest BCUT2D eigenvalue weighted by atomic mass is 16.5. The number of carbonyl (C=O) groups excluding carboxylic acids is 1. The van der Waals surface area contributed by atoms with Crippen LogP contribution in [0.4, 0.5) is 0 Å². The van der Waals surface area contributed by atoms with Crippen molar-refractivity contribution in [1.29, 1.82) is 0 Å². The molecule has 150 valence electrons. The van der Waals surface area contributed by atoms with Crippen LogP contribution in [0.5, 0.6) is 0 Å². The molecule has 8 heteroatoms. The lowest BCUT2D eigenvalue weighted by Gasteiger charge is -2.22. The van der Waals surface area contributed by atoms with Crippen LogP contribution >= 0.6 is 0 Å². The largest absolute Gasteiger partial charge is 0.479 e. The summed E-state index contributed by atoms with van der Waals surface area (Å²) in [6.07, 6.45) is 0.0495. The highest BCUT2D eigenvalue weighted by Gasteiger charge is 2.39. The summed E-state index contributed by atoms with van der Waals surface area (Å²) < 4.78 is 7.70. The van der Waals surface area contributed by atoms with Crippen LogP contribution in [-0.2, 0) is 14.3 Å². The summed E-state index contributed by atoms with van der Waals surface area (Å²) in [6.45, 7) is 5.03. The number of carbonyl (C=O) groups is 2. The van der Waals surface area contributed by atoms with Gasteiger partial charge in [0, 0.05) is 17.9 Å². The maximum absolute atomic E-state index is 12.7. The summed E-state index contributed by atoms with van der Waals surface area (Å²) in [4.78, 5) is 23.7. The molecule has 3 N–H and O–H groups in total. The molecule has 0 bridgehead atoms. The minimum atomic E-state index is -2.02. The summed E-state index contributed by atoms with van der Waals surface area (Å²) in [5.74, 6) is -2.20. The number of nitrogens with one attached hydrogen (secondary N) is 1. The SMILES string of the molecule is Cc1nn(-c2ccccc2)c(C)c1[C@H]1OCC[C@@H]1C(=O)NCC(C)(O)C(=O)O. The minimum Gasteiger partial charge on any atom is -0.479 e. The Balaban J connectivity index is 1.82. The Morgan fingerprint density at radius 3 is 2.64 bits per heavy atom. The number of hydrogen-bond acceptors (Lipinski definition) is 5. The lowest BCUT2D eigenvalue weighted by atomic mass is 9.93. The van der Waals surface area contributed by atoms with E-state index in [4.69, 9.17) is 9.84 Å². The van der Waals surface area contributed by atoms with E-state index in [0.29, 0.717) is 13.0 Å². The fraction of sp³-hybridized carbons (Fsp3) is 0.450. The van der Waals surface area contributed by atoms with Crippen molar-refractivity contribution in [3.8, 4) is 5.69 Å². The van der Waals surface area contributed by atoms with Gasteiger partial charge >= 0.3 is 5.97 Å². The first-order valence-electron chi connectivity index (χ1n) is 9.19. The second-order valence-electron chi connectivity index (χ2n) is 7.32. The van der Waals surface area contributed by atoms with Crippen LogP contribution in [0.25, 0.3) is 5.69 Å². The van der Waals surface area contributed by atoms with Gasteiger partial charge in [-0.25, -0.2) is 9.48 Å². The number of carboxylic acid groups (broad SMARTS) is 1. The Hall–Kier alpha value is -2.71. The molecule has 1 aliphatic heterocycles. The Labute approximate surface area is 163 Å². The molecule has 0 radical (unpaired) electrons. The van der Waals surface area contributed by atoms with Crippen molar-refractivity contribution in [2.24, 2.45) is 5.92 Å². The average Bonchev–Trinajstić information content (AvgIpc) is 3.24. The molecule has 0 aliphatic carbocycles. The molecule has 1 unspecified atom stereocenters. The van der Waals surface area contributed by atoms with Crippen LogP contribution in [0.3, 0.4) is 0 Å². The van der Waals surface area contributed by atoms with Gasteiger partial charge in [0.05, 0.1) is 29.9 Å². The second-order valence-corrected chi connectivity index (χ2v) is 7.32. The number of hydrogen-bond donors (Lipinski definition) is 3. The van der Waals surface area contributed by atoms with E-state index >= 15 is 0 Å². The van der Waals surface area contributed by atoms with Crippen molar-refractivity contribution in [3.05, 3.63) is 47.3 Å². The fourth-order valence-corrected chi connectivity index (χ4v) is 3.50. The molecule has 1 aromatic heterocycles. The lowest BCUT2D eigenvalue weighted by Crippen LogP contribution is -2.48. The standard InChI is InChI=1S/C20H25N3O5/c1-12-16(13(2)23(22-12)14-7-5-4-6-8-14)17-15(9-10-28-17)18(24)21-11-20(3,27)19(25)26/h4-8,15,17,27H,9-11H2,1-3H3,(H,21,24)(H,25,26)/t15-,17-,20?/m0/s1. The van der Waals surface area contributed by atoms with Crippen molar-refractivity contribution in [3.63, 3.8) is 0 Å². The highest BCUT2D eigenvalue weighted by Crippen LogP contribution is 2.38. The number of para-hydroxylation sites is 1. The molecule has 1 fully saturated rings. The third-order valence-corrected chi connectivity index (χ3v) is 5.13. The molecule has 3 atom stereocenters. The quantitative estimate of drug-likeness (QED) is 0.693. The Morgan fingerprint density at radius 2 is 2.00 bits per heavy atom. The van der Waals surface area contributed by atoms with Crippen LogP contribution in [0.2, 0.25) is 0 Å². The molecule has 3 rings (SSSR count). The van der Waals surface area contributed by atoms with Gasteiger partial charge in [0.25, 0.3) is 0 Å². The average molecular weight is 387 g/mol. The van der Waals surface area contributed by atoms with Gasteiger partial charge in [-0.2, -0.15) is 5.10 Å². The van der Waals surface area contributed by atoms with Gasteiger partial charge < -0.3 is 20.3 Å². The predicted octanol–water partition coefficient (Wildman–Crippen LogP) is 1.52. The Morgan fingerprint density at radius 1 is 1.32 bits per heavy atom. The number of aliphatic hydroxyl groups is 1. The summed E-state index contributed by atoms with van der Waals surface area (Å²) >= 11 is 0. The smallest absolute Gasteiger partial charge is 0.337 e. The van der Waals surface area contributed by atoms with Gasteiger partial charge in [-0.3, -0.25) is 4.79 Å². The van der Waals surface area contributed by atoms with Crippen molar-refractivity contribution in [2.45, 2.75) is 38.9 Å². The van der Waals surface area contributed by atoms with Crippen LogP contribution in [0.15, 0.2) is 30.3 Å². The molecule has 1 amide bonds. The number of amides is 1. The predicted molar refractivity (Wildman–Crippen MR) is 101 cm³/mol. The number of rotatable bonds is 6. The second kappa shape index (κ2) is 7.73. The van der Waals surface area contributed by atoms with Gasteiger partial charge in [0.1, 0.15) is 0 Å². The maximum Gasteiger partial charge on any atom is 0.337 e. The third kappa shape index (κ3) is 3.79. The van der Waals surface area contributed by atoms with Crippen LogP contribution in [-0.4, -0.2) is 50.6 Å². The number of aryl methyl sites for hydroxylation is 1.